The minimum Gasteiger partial charge on any atom is -0.486 e. The van der Waals surface area contributed by atoms with Crippen LogP contribution in [-0.4, -0.2) is 21.3 Å². The molecule has 1 aromatic carbocycles. The van der Waals surface area contributed by atoms with E-state index in [1.54, 1.807) is 13.1 Å². The van der Waals surface area contributed by atoms with E-state index in [0.29, 0.717) is 17.8 Å². The summed E-state index contributed by atoms with van der Waals surface area (Å²) in [5, 5.41) is 0. The van der Waals surface area contributed by atoms with E-state index in [1.165, 1.54) is 29.4 Å². The van der Waals surface area contributed by atoms with Crippen molar-refractivity contribution in [3.8, 4) is 0 Å². The molecule has 2 N–H and O–H groups in total. The summed E-state index contributed by atoms with van der Waals surface area (Å²) in [5.41, 5.74) is 7.04. The van der Waals surface area contributed by atoms with E-state index in [-0.39, 0.29) is 29.1 Å². The standard InChI is InChI=1S/C18H17BrF2N4O2/c1-12(25(11-26)9-15-8-23-4-5-24-15)6-17(18(19)22)27-10-13-2-3-14(20)7-16(13)21/h2-8,11H,9-10,22H2,1H3/b12-6-,18-17+. The molecule has 0 aliphatic rings. The van der Waals surface area contributed by atoms with Gasteiger partial charge < -0.3 is 15.4 Å². The number of nitrogens with zero attached hydrogens (tertiary/aromatic N) is 3. The summed E-state index contributed by atoms with van der Waals surface area (Å²) in [6, 6.07) is 3.20. The molecule has 0 spiro atoms. The van der Waals surface area contributed by atoms with Crippen LogP contribution in [0.2, 0.25) is 0 Å². The molecule has 0 bridgehead atoms. The van der Waals surface area contributed by atoms with Crippen LogP contribution < -0.4 is 5.73 Å². The number of carbonyl (C=O) groups excluding carboxylic acids is 1. The minimum absolute atomic E-state index is 0.162. The highest BCUT2D eigenvalue weighted by Crippen LogP contribution is 2.18. The maximum Gasteiger partial charge on any atom is 0.214 e. The molecule has 2 rings (SSSR count). The number of aromatic nitrogens is 2. The highest BCUT2D eigenvalue weighted by Gasteiger charge is 2.11. The zero-order valence-electron chi connectivity index (χ0n) is 14.4. The third-order valence-corrected chi connectivity index (χ3v) is 3.89. The number of carbonyl (C=O) groups is 1. The van der Waals surface area contributed by atoms with Crippen LogP contribution in [0.3, 0.4) is 0 Å². The van der Waals surface area contributed by atoms with Crippen molar-refractivity contribution in [2.24, 2.45) is 5.73 Å². The molecule has 6 nitrogen and oxygen atoms in total. The monoisotopic (exact) mass is 438 g/mol. The predicted molar refractivity (Wildman–Crippen MR) is 98.7 cm³/mol. The maximum absolute atomic E-state index is 13.7. The number of amides is 1. The van der Waals surface area contributed by atoms with Gasteiger partial charge in [0.25, 0.3) is 0 Å². The van der Waals surface area contributed by atoms with E-state index in [1.807, 2.05) is 0 Å². The van der Waals surface area contributed by atoms with Gasteiger partial charge >= 0.3 is 0 Å². The van der Waals surface area contributed by atoms with Gasteiger partial charge in [0.05, 0.1) is 18.4 Å². The fraction of sp³-hybridized carbons (Fsp3) is 0.167. The SMILES string of the molecule is C/C(=C/C(OCc1ccc(F)cc1F)=C(\N)Br)N(C=O)Cc1cnccn1. The lowest BCUT2D eigenvalue weighted by Gasteiger charge is -2.18. The van der Waals surface area contributed by atoms with E-state index in [4.69, 9.17) is 10.5 Å². The van der Waals surface area contributed by atoms with Crippen molar-refractivity contribution in [2.75, 3.05) is 0 Å². The molecular formula is C18H17BrF2N4O2. The lowest BCUT2D eigenvalue weighted by atomic mass is 10.2. The van der Waals surface area contributed by atoms with Crippen LogP contribution in [0.25, 0.3) is 0 Å². The summed E-state index contributed by atoms with van der Waals surface area (Å²) < 4.78 is 32.4. The second-order valence-corrected chi connectivity index (χ2v) is 6.31. The van der Waals surface area contributed by atoms with Gasteiger partial charge in [0, 0.05) is 35.8 Å². The van der Waals surface area contributed by atoms with E-state index >= 15 is 0 Å². The van der Waals surface area contributed by atoms with Crippen molar-refractivity contribution < 1.29 is 18.3 Å². The molecule has 0 radical (unpaired) electrons. The van der Waals surface area contributed by atoms with E-state index < -0.39 is 11.6 Å². The van der Waals surface area contributed by atoms with Crippen LogP contribution in [-0.2, 0) is 22.7 Å². The predicted octanol–water partition coefficient (Wildman–Crippen LogP) is 3.36. The normalized spacial score (nSPS) is 12.4. The Morgan fingerprint density at radius 1 is 1.37 bits per heavy atom. The summed E-state index contributed by atoms with van der Waals surface area (Å²) in [6.07, 6.45) is 6.78. The zero-order valence-corrected chi connectivity index (χ0v) is 16.0. The molecule has 1 heterocycles. The summed E-state index contributed by atoms with van der Waals surface area (Å²) >= 11 is 3.12. The van der Waals surface area contributed by atoms with Crippen molar-refractivity contribution in [1.82, 2.24) is 14.9 Å². The Kier molecular flexibility index (Phi) is 7.42. The Balaban J connectivity index is 2.13. The quantitative estimate of drug-likeness (QED) is 0.295. The molecule has 27 heavy (non-hydrogen) atoms. The number of halogens is 3. The first-order chi connectivity index (χ1) is 12.9. The number of rotatable bonds is 8. The summed E-state index contributed by atoms with van der Waals surface area (Å²) in [7, 11) is 0. The third kappa shape index (κ3) is 6.14. The van der Waals surface area contributed by atoms with Crippen LogP contribution in [0.5, 0.6) is 0 Å². The molecule has 1 aromatic heterocycles. The highest BCUT2D eigenvalue weighted by atomic mass is 79.9. The van der Waals surface area contributed by atoms with Gasteiger partial charge in [-0.3, -0.25) is 14.8 Å². The van der Waals surface area contributed by atoms with Crippen LogP contribution in [0.1, 0.15) is 18.2 Å². The van der Waals surface area contributed by atoms with Gasteiger partial charge in [-0.05, 0) is 35.0 Å². The molecule has 0 fully saturated rings. The largest absolute Gasteiger partial charge is 0.486 e. The number of allylic oxidation sites excluding steroid dienone is 2. The molecule has 0 saturated carbocycles. The fourth-order valence-electron chi connectivity index (χ4n) is 2.08. The van der Waals surface area contributed by atoms with Gasteiger partial charge in [-0.2, -0.15) is 0 Å². The van der Waals surface area contributed by atoms with E-state index in [2.05, 4.69) is 25.9 Å². The molecule has 0 aliphatic heterocycles. The first kappa shape index (κ1) is 20.5. The Morgan fingerprint density at radius 3 is 2.74 bits per heavy atom. The number of nitrogens with two attached hydrogens (primary N) is 1. The molecule has 0 saturated heterocycles. The number of hydrogen-bond donors (Lipinski definition) is 1. The smallest absolute Gasteiger partial charge is 0.214 e. The lowest BCUT2D eigenvalue weighted by molar-refractivity contribution is -0.116. The van der Waals surface area contributed by atoms with Crippen molar-refractivity contribution in [2.45, 2.75) is 20.1 Å². The second-order valence-electron chi connectivity index (χ2n) is 5.45. The molecule has 2 aromatic rings. The van der Waals surface area contributed by atoms with Crippen molar-refractivity contribution in [3.63, 3.8) is 0 Å². The van der Waals surface area contributed by atoms with Crippen molar-refractivity contribution >= 4 is 22.3 Å². The lowest BCUT2D eigenvalue weighted by Crippen LogP contribution is -2.20. The van der Waals surface area contributed by atoms with E-state index in [9.17, 15) is 13.6 Å². The van der Waals surface area contributed by atoms with Gasteiger partial charge in [-0.1, -0.05) is 0 Å². The Hall–Kier alpha value is -2.81. The molecule has 0 aliphatic carbocycles. The number of ether oxygens (including phenoxy) is 1. The average molecular weight is 439 g/mol. The van der Waals surface area contributed by atoms with Crippen LogP contribution >= 0.6 is 15.9 Å². The topological polar surface area (TPSA) is 81.3 Å². The Morgan fingerprint density at radius 2 is 2.15 bits per heavy atom. The Labute approximate surface area is 163 Å². The van der Waals surface area contributed by atoms with Crippen LogP contribution in [0.4, 0.5) is 8.78 Å². The van der Waals surface area contributed by atoms with Crippen LogP contribution in [0, 0.1) is 11.6 Å². The first-order valence-electron chi connectivity index (χ1n) is 7.77. The third-order valence-electron chi connectivity index (χ3n) is 3.50. The van der Waals surface area contributed by atoms with Gasteiger partial charge in [-0.15, -0.1) is 0 Å². The van der Waals surface area contributed by atoms with Crippen molar-refractivity contribution in [3.05, 3.63) is 81.8 Å². The molecular weight excluding hydrogens is 422 g/mol. The van der Waals surface area contributed by atoms with Crippen LogP contribution in [0.15, 0.2) is 58.9 Å². The summed E-state index contributed by atoms with van der Waals surface area (Å²) in [6.45, 7) is 1.73. The van der Waals surface area contributed by atoms with Gasteiger partial charge in [0.2, 0.25) is 6.41 Å². The summed E-state index contributed by atoms with van der Waals surface area (Å²) in [4.78, 5) is 20.9. The highest BCUT2D eigenvalue weighted by molar-refractivity contribution is 9.11. The Bertz CT molecular complexity index is 856. The average Bonchev–Trinajstić information content (AvgIpc) is 2.64. The van der Waals surface area contributed by atoms with Gasteiger partial charge in [0.15, 0.2) is 5.76 Å². The molecule has 0 unspecified atom stereocenters. The molecule has 9 heteroatoms. The maximum atomic E-state index is 13.7. The van der Waals surface area contributed by atoms with Gasteiger partial charge in [-0.25, -0.2) is 8.78 Å². The fourth-order valence-corrected chi connectivity index (χ4v) is 2.31. The van der Waals surface area contributed by atoms with Gasteiger partial charge in [0.1, 0.15) is 22.8 Å². The van der Waals surface area contributed by atoms with Crippen molar-refractivity contribution in [1.29, 1.82) is 0 Å². The zero-order chi connectivity index (χ0) is 19.8. The number of hydrogen-bond acceptors (Lipinski definition) is 5. The first-order valence-corrected chi connectivity index (χ1v) is 8.57. The summed E-state index contributed by atoms with van der Waals surface area (Å²) in [5.74, 6) is -1.20. The second kappa shape index (κ2) is 9.77. The molecule has 0 atom stereocenters. The minimum atomic E-state index is -0.722. The molecule has 142 valence electrons. The molecule has 1 amide bonds. The van der Waals surface area contributed by atoms with E-state index in [0.717, 1.165) is 12.1 Å². The number of benzene rings is 1.